The van der Waals surface area contributed by atoms with Crippen LogP contribution in [0.2, 0.25) is 0 Å². The summed E-state index contributed by atoms with van der Waals surface area (Å²) >= 11 is 5.84. The second-order valence-corrected chi connectivity index (χ2v) is 10.2. The Labute approximate surface area is 236 Å². The van der Waals surface area contributed by atoms with Crippen molar-refractivity contribution < 1.29 is 9.53 Å². The maximum atomic E-state index is 13.2. The van der Waals surface area contributed by atoms with Crippen molar-refractivity contribution >= 4 is 61.5 Å². The lowest BCUT2D eigenvalue weighted by Crippen LogP contribution is -2.18. The molecule has 0 spiro atoms. The van der Waals surface area contributed by atoms with E-state index in [0.717, 1.165) is 47.1 Å². The number of hydrogen-bond donors (Lipinski definition) is 1. The topological polar surface area (TPSA) is 63.6 Å². The molecule has 4 aromatic carbocycles. The number of benzene rings is 4. The summed E-state index contributed by atoms with van der Waals surface area (Å²) in [5.41, 5.74) is 7.54. The van der Waals surface area contributed by atoms with Gasteiger partial charge < -0.3 is 4.74 Å². The zero-order chi connectivity index (χ0) is 25.6. The second-order valence-electron chi connectivity index (χ2n) is 8.23. The standard InChI is InChI=1S/C30H21BrIN3O2/c31-25-15-21(16-26(32)29(25)37-19-20-9-3-1-4-10-20)18-33-35-30(36)24-17-28(22-11-5-2-6-12-22)34-27-14-8-7-13-23(24)27/h1-18H,19H2,(H,35,36)/b33-18+. The first-order chi connectivity index (χ1) is 18.1. The minimum atomic E-state index is -0.302. The minimum Gasteiger partial charge on any atom is -0.487 e. The lowest BCUT2D eigenvalue weighted by molar-refractivity contribution is 0.0956. The highest BCUT2D eigenvalue weighted by molar-refractivity contribution is 14.1. The number of pyridine rings is 1. The van der Waals surface area contributed by atoms with Gasteiger partial charge in [0.25, 0.3) is 5.91 Å². The molecule has 182 valence electrons. The van der Waals surface area contributed by atoms with Crippen LogP contribution in [0.1, 0.15) is 21.5 Å². The van der Waals surface area contributed by atoms with Crippen LogP contribution >= 0.6 is 38.5 Å². The number of amides is 1. The molecule has 0 radical (unpaired) electrons. The van der Waals surface area contributed by atoms with E-state index in [4.69, 9.17) is 9.72 Å². The van der Waals surface area contributed by atoms with Crippen molar-refractivity contribution in [2.75, 3.05) is 0 Å². The second kappa shape index (κ2) is 11.7. The molecule has 1 aromatic heterocycles. The number of carbonyl (C=O) groups excluding carboxylic acids is 1. The highest BCUT2D eigenvalue weighted by Crippen LogP contribution is 2.32. The number of aromatic nitrogens is 1. The summed E-state index contributed by atoms with van der Waals surface area (Å²) in [5.74, 6) is 0.464. The molecule has 5 rings (SSSR count). The monoisotopic (exact) mass is 661 g/mol. The summed E-state index contributed by atoms with van der Waals surface area (Å²) < 4.78 is 7.77. The van der Waals surface area contributed by atoms with Gasteiger partial charge in [0.1, 0.15) is 12.4 Å². The van der Waals surface area contributed by atoms with Gasteiger partial charge in [-0.05, 0) is 73.9 Å². The molecule has 0 saturated heterocycles. The van der Waals surface area contributed by atoms with Gasteiger partial charge in [0.15, 0.2) is 0 Å². The van der Waals surface area contributed by atoms with Gasteiger partial charge in [-0.3, -0.25) is 4.79 Å². The van der Waals surface area contributed by atoms with Crippen molar-refractivity contribution in [3.63, 3.8) is 0 Å². The van der Waals surface area contributed by atoms with Crippen molar-refractivity contribution in [1.82, 2.24) is 10.4 Å². The fourth-order valence-corrected chi connectivity index (χ4v) is 5.64. The third-order valence-corrected chi connectivity index (χ3v) is 7.05. The van der Waals surface area contributed by atoms with Gasteiger partial charge in [-0.25, -0.2) is 10.4 Å². The first kappa shape index (κ1) is 25.1. The Bertz CT molecular complexity index is 1570. The van der Waals surface area contributed by atoms with Gasteiger partial charge in [0.05, 0.1) is 31.0 Å². The third kappa shape index (κ3) is 6.06. The lowest BCUT2D eigenvalue weighted by atomic mass is 10.0. The molecule has 5 nitrogen and oxygen atoms in total. The van der Waals surface area contributed by atoms with Crippen LogP contribution in [0, 0.1) is 3.57 Å². The average molecular weight is 662 g/mol. The van der Waals surface area contributed by atoms with Gasteiger partial charge >= 0.3 is 0 Å². The zero-order valence-corrected chi connectivity index (χ0v) is 23.3. The quantitative estimate of drug-likeness (QED) is 0.111. The van der Waals surface area contributed by atoms with Gasteiger partial charge in [0.2, 0.25) is 0 Å². The van der Waals surface area contributed by atoms with Gasteiger partial charge in [-0.1, -0.05) is 78.9 Å². The molecular weight excluding hydrogens is 641 g/mol. The predicted octanol–water partition coefficient (Wildman–Crippen LogP) is 7.61. The van der Waals surface area contributed by atoms with Crippen molar-refractivity contribution in [2.24, 2.45) is 5.10 Å². The van der Waals surface area contributed by atoms with Crippen LogP contribution in [0.25, 0.3) is 22.2 Å². The molecule has 5 aromatic rings. The number of hydrazone groups is 1. The Kier molecular flexibility index (Phi) is 7.91. The summed E-state index contributed by atoms with van der Waals surface area (Å²) in [6, 6.07) is 33.1. The number of para-hydroxylation sites is 1. The number of halogens is 2. The van der Waals surface area contributed by atoms with Crippen LogP contribution in [0.5, 0.6) is 5.75 Å². The first-order valence-corrected chi connectivity index (χ1v) is 13.4. The van der Waals surface area contributed by atoms with Crippen LogP contribution in [0.15, 0.2) is 113 Å². The highest BCUT2D eigenvalue weighted by Gasteiger charge is 2.14. The van der Waals surface area contributed by atoms with E-state index < -0.39 is 0 Å². The largest absolute Gasteiger partial charge is 0.487 e. The molecule has 0 aliphatic rings. The molecule has 1 heterocycles. The summed E-state index contributed by atoms with van der Waals surface area (Å²) in [5, 5.41) is 4.99. The summed E-state index contributed by atoms with van der Waals surface area (Å²) in [6.07, 6.45) is 1.62. The molecule has 0 aliphatic heterocycles. The molecule has 1 amide bonds. The van der Waals surface area contributed by atoms with Crippen LogP contribution < -0.4 is 10.2 Å². The van der Waals surface area contributed by atoms with Gasteiger partial charge in [-0.2, -0.15) is 5.10 Å². The van der Waals surface area contributed by atoms with Crippen LogP contribution in [0.3, 0.4) is 0 Å². The molecule has 7 heteroatoms. The van der Waals surface area contributed by atoms with E-state index in [-0.39, 0.29) is 5.91 Å². The van der Waals surface area contributed by atoms with Crippen molar-refractivity contribution in [2.45, 2.75) is 6.61 Å². The molecule has 0 unspecified atom stereocenters. The number of nitrogens with one attached hydrogen (secondary N) is 1. The molecule has 0 bridgehead atoms. The Hall–Kier alpha value is -3.56. The maximum absolute atomic E-state index is 13.2. The van der Waals surface area contributed by atoms with E-state index in [1.807, 2.05) is 97.1 Å². The Morgan fingerprint density at radius 2 is 1.65 bits per heavy atom. The Morgan fingerprint density at radius 3 is 2.41 bits per heavy atom. The lowest BCUT2D eigenvalue weighted by Gasteiger charge is -2.11. The maximum Gasteiger partial charge on any atom is 0.272 e. The van der Waals surface area contributed by atoms with E-state index in [0.29, 0.717) is 12.2 Å². The third-order valence-electron chi connectivity index (χ3n) is 5.66. The number of ether oxygens (including phenoxy) is 1. The highest BCUT2D eigenvalue weighted by atomic mass is 127. The summed E-state index contributed by atoms with van der Waals surface area (Å²) in [7, 11) is 0. The van der Waals surface area contributed by atoms with E-state index in [1.165, 1.54) is 0 Å². The van der Waals surface area contributed by atoms with Gasteiger partial charge in [-0.15, -0.1) is 0 Å². The summed E-state index contributed by atoms with van der Waals surface area (Å²) in [4.78, 5) is 17.9. The number of hydrogen-bond acceptors (Lipinski definition) is 4. The minimum absolute atomic E-state index is 0.302. The number of nitrogens with zero attached hydrogens (tertiary/aromatic N) is 2. The fourth-order valence-electron chi connectivity index (χ4n) is 3.87. The first-order valence-electron chi connectivity index (χ1n) is 11.5. The van der Waals surface area contributed by atoms with Gasteiger partial charge in [0, 0.05) is 10.9 Å². The molecule has 0 aliphatic carbocycles. The molecule has 1 N–H and O–H groups in total. The van der Waals surface area contributed by atoms with E-state index in [9.17, 15) is 4.79 Å². The zero-order valence-electron chi connectivity index (χ0n) is 19.6. The smallest absolute Gasteiger partial charge is 0.272 e. The molecular formula is C30H21BrIN3O2. The van der Waals surface area contributed by atoms with Crippen LogP contribution in [-0.4, -0.2) is 17.1 Å². The number of carbonyl (C=O) groups is 1. The Morgan fingerprint density at radius 1 is 0.946 bits per heavy atom. The SMILES string of the molecule is O=C(N/N=C/c1cc(Br)c(OCc2ccccc2)c(I)c1)c1cc(-c2ccccc2)nc2ccccc12. The van der Waals surface area contributed by atoms with Crippen molar-refractivity contribution in [1.29, 1.82) is 0 Å². The van der Waals surface area contributed by atoms with E-state index in [2.05, 4.69) is 49.0 Å². The summed E-state index contributed by atoms with van der Waals surface area (Å²) in [6.45, 7) is 0.476. The van der Waals surface area contributed by atoms with Crippen molar-refractivity contribution in [3.8, 4) is 17.0 Å². The van der Waals surface area contributed by atoms with E-state index in [1.54, 1.807) is 12.3 Å². The van der Waals surface area contributed by atoms with E-state index >= 15 is 0 Å². The number of rotatable bonds is 7. The fraction of sp³-hybridized carbons (Fsp3) is 0.0333. The Balaban J connectivity index is 1.34. The van der Waals surface area contributed by atoms with Crippen LogP contribution in [-0.2, 0) is 6.61 Å². The van der Waals surface area contributed by atoms with Crippen LogP contribution in [0.4, 0.5) is 0 Å². The normalized spacial score (nSPS) is 11.1. The molecule has 0 fully saturated rings. The molecule has 37 heavy (non-hydrogen) atoms. The van der Waals surface area contributed by atoms with Crippen molar-refractivity contribution in [3.05, 3.63) is 128 Å². The average Bonchev–Trinajstić information content (AvgIpc) is 2.93. The number of fused-ring (bicyclic) bond motifs is 1. The molecule has 0 saturated carbocycles. The molecule has 0 atom stereocenters. The predicted molar refractivity (Wildman–Crippen MR) is 160 cm³/mol.